The molecule has 2 rings (SSSR count). The van der Waals surface area contributed by atoms with Gasteiger partial charge < -0.3 is 14.2 Å². The zero-order valence-corrected chi connectivity index (χ0v) is 16.7. The molecule has 0 aliphatic rings. The Morgan fingerprint density at radius 2 is 1.56 bits per heavy atom. The van der Waals surface area contributed by atoms with Crippen LogP contribution in [0.3, 0.4) is 0 Å². The predicted molar refractivity (Wildman–Crippen MR) is 109 cm³/mol. The van der Waals surface area contributed by atoms with Gasteiger partial charge in [0.05, 0.1) is 18.8 Å². The summed E-state index contributed by atoms with van der Waals surface area (Å²) >= 11 is 0. The molecule has 0 aliphatic heterocycles. The molecule has 0 N–H and O–H groups in total. The molecule has 2 aromatic rings. The van der Waals surface area contributed by atoms with Crippen LogP contribution in [0.4, 0.5) is 0 Å². The fraction of sp³-hybridized carbons (Fsp3) is 0.348. The standard InChI is InChI=1S/C23H28O4/c1-6-25-20-10-7-18(8-11-20)22(24)13-9-19-15-21(26-16(2)3)12-14-23(19)27-17(4)5/h7-17H,6H2,1-5H3/b13-9+. The van der Waals surface area contributed by atoms with Crippen LogP contribution in [0.25, 0.3) is 6.08 Å². The van der Waals surface area contributed by atoms with Crippen molar-refractivity contribution >= 4 is 11.9 Å². The Morgan fingerprint density at radius 3 is 2.15 bits per heavy atom. The molecule has 2 aromatic carbocycles. The number of allylic oxidation sites excluding steroid dienone is 1. The first-order chi connectivity index (χ1) is 12.9. The summed E-state index contributed by atoms with van der Waals surface area (Å²) in [5.74, 6) is 2.14. The van der Waals surface area contributed by atoms with Gasteiger partial charge >= 0.3 is 0 Å². The van der Waals surface area contributed by atoms with Crippen LogP contribution >= 0.6 is 0 Å². The largest absolute Gasteiger partial charge is 0.494 e. The molecule has 0 aromatic heterocycles. The van der Waals surface area contributed by atoms with E-state index in [1.807, 2.05) is 52.8 Å². The molecule has 0 aliphatic carbocycles. The Labute approximate surface area is 161 Å². The van der Waals surface area contributed by atoms with E-state index in [1.54, 1.807) is 36.4 Å². The van der Waals surface area contributed by atoms with Gasteiger partial charge in [-0.15, -0.1) is 0 Å². The van der Waals surface area contributed by atoms with E-state index in [1.165, 1.54) is 0 Å². The van der Waals surface area contributed by atoms with Crippen molar-refractivity contribution in [2.45, 2.75) is 46.8 Å². The molecule has 0 radical (unpaired) electrons. The van der Waals surface area contributed by atoms with E-state index in [9.17, 15) is 4.79 Å². The third-order valence-electron chi connectivity index (χ3n) is 3.58. The van der Waals surface area contributed by atoms with Crippen molar-refractivity contribution in [1.29, 1.82) is 0 Å². The van der Waals surface area contributed by atoms with Crippen LogP contribution in [0.1, 0.15) is 50.5 Å². The smallest absolute Gasteiger partial charge is 0.185 e. The van der Waals surface area contributed by atoms with E-state index in [0.29, 0.717) is 12.2 Å². The van der Waals surface area contributed by atoms with Gasteiger partial charge in [0.2, 0.25) is 0 Å². The molecule has 0 heterocycles. The van der Waals surface area contributed by atoms with E-state index in [4.69, 9.17) is 14.2 Å². The molecule has 0 bridgehead atoms. The molecular weight excluding hydrogens is 340 g/mol. The van der Waals surface area contributed by atoms with Crippen LogP contribution in [-0.4, -0.2) is 24.6 Å². The first-order valence-electron chi connectivity index (χ1n) is 9.31. The second-order valence-electron chi connectivity index (χ2n) is 6.69. The highest BCUT2D eigenvalue weighted by Crippen LogP contribution is 2.27. The van der Waals surface area contributed by atoms with Gasteiger partial charge in [-0.2, -0.15) is 0 Å². The lowest BCUT2D eigenvalue weighted by Crippen LogP contribution is -2.08. The monoisotopic (exact) mass is 368 g/mol. The number of hydrogen-bond acceptors (Lipinski definition) is 4. The van der Waals surface area contributed by atoms with E-state index in [0.717, 1.165) is 22.8 Å². The Bertz CT molecular complexity index is 773. The van der Waals surface area contributed by atoms with Crippen LogP contribution in [0.2, 0.25) is 0 Å². The van der Waals surface area contributed by atoms with Gasteiger partial charge in [0, 0.05) is 11.1 Å². The van der Waals surface area contributed by atoms with Crippen molar-refractivity contribution in [1.82, 2.24) is 0 Å². The second-order valence-corrected chi connectivity index (χ2v) is 6.69. The first-order valence-corrected chi connectivity index (χ1v) is 9.31. The molecular formula is C23H28O4. The fourth-order valence-electron chi connectivity index (χ4n) is 2.51. The quantitative estimate of drug-likeness (QED) is 0.430. The highest BCUT2D eigenvalue weighted by Gasteiger charge is 2.08. The number of carbonyl (C=O) groups is 1. The predicted octanol–water partition coefficient (Wildman–Crippen LogP) is 5.56. The van der Waals surface area contributed by atoms with Gasteiger partial charge in [-0.1, -0.05) is 0 Å². The minimum atomic E-state index is -0.0799. The normalized spacial score (nSPS) is 11.2. The average molecular weight is 368 g/mol. The molecule has 0 unspecified atom stereocenters. The zero-order chi connectivity index (χ0) is 19.8. The molecule has 4 heteroatoms. The molecule has 144 valence electrons. The Kier molecular flexibility index (Phi) is 7.47. The Balaban J connectivity index is 2.22. The van der Waals surface area contributed by atoms with E-state index in [2.05, 4.69) is 0 Å². The lowest BCUT2D eigenvalue weighted by atomic mass is 10.1. The van der Waals surface area contributed by atoms with E-state index < -0.39 is 0 Å². The molecule has 0 saturated carbocycles. The highest BCUT2D eigenvalue weighted by atomic mass is 16.5. The average Bonchev–Trinajstić information content (AvgIpc) is 2.61. The number of hydrogen-bond donors (Lipinski definition) is 0. The zero-order valence-electron chi connectivity index (χ0n) is 16.7. The number of carbonyl (C=O) groups excluding carboxylic acids is 1. The van der Waals surface area contributed by atoms with Crippen molar-refractivity contribution in [2.75, 3.05) is 6.61 Å². The summed E-state index contributed by atoms with van der Waals surface area (Å²) in [7, 11) is 0. The van der Waals surface area contributed by atoms with Crippen LogP contribution in [0.5, 0.6) is 17.2 Å². The SMILES string of the molecule is CCOc1ccc(C(=O)/C=C/c2cc(OC(C)C)ccc2OC(C)C)cc1. The molecule has 0 fully saturated rings. The van der Waals surface area contributed by atoms with Crippen molar-refractivity contribution in [3.8, 4) is 17.2 Å². The molecule has 4 nitrogen and oxygen atoms in total. The van der Waals surface area contributed by atoms with Crippen LogP contribution < -0.4 is 14.2 Å². The van der Waals surface area contributed by atoms with Gasteiger partial charge in [-0.25, -0.2) is 0 Å². The third-order valence-corrected chi connectivity index (χ3v) is 3.58. The van der Waals surface area contributed by atoms with Gasteiger partial charge in [-0.05, 0) is 89.2 Å². The molecule has 0 spiro atoms. The van der Waals surface area contributed by atoms with Crippen molar-refractivity contribution < 1.29 is 19.0 Å². The lowest BCUT2D eigenvalue weighted by Gasteiger charge is -2.15. The van der Waals surface area contributed by atoms with Crippen LogP contribution in [-0.2, 0) is 0 Å². The minimum absolute atomic E-state index is 0.0378. The Hall–Kier alpha value is -2.75. The van der Waals surface area contributed by atoms with Gasteiger partial charge in [0.25, 0.3) is 0 Å². The summed E-state index contributed by atoms with van der Waals surface area (Å²) in [6, 6.07) is 12.8. The molecule has 0 amide bonds. The van der Waals surface area contributed by atoms with Crippen LogP contribution in [0.15, 0.2) is 48.5 Å². The number of benzene rings is 2. The van der Waals surface area contributed by atoms with Gasteiger partial charge in [0.1, 0.15) is 17.2 Å². The highest BCUT2D eigenvalue weighted by molar-refractivity contribution is 6.07. The number of ketones is 1. The summed E-state index contributed by atoms with van der Waals surface area (Å²) in [4.78, 5) is 12.5. The minimum Gasteiger partial charge on any atom is -0.494 e. The maximum atomic E-state index is 12.5. The second kappa shape index (κ2) is 9.81. The van der Waals surface area contributed by atoms with Crippen molar-refractivity contribution in [3.63, 3.8) is 0 Å². The van der Waals surface area contributed by atoms with Gasteiger partial charge in [0.15, 0.2) is 5.78 Å². The summed E-state index contributed by atoms with van der Waals surface area (Å²) in [5.41, 5.74) is 1.41. The summed E-state index contributed by atoms with van der Waals surface area (Å²) in [6.07, 6.45) is 3.43. The number of ether oxygens (including phenoxy) is 3. The number of rotatable bonds is 9. The maximum absolute atomic E-state index is 12.5. The Morgan fingerprint density at radius 1 is 0.926 bits per heavy atom. The van der Waals surface area contributed by atoms with E-state index in [-0.39, 0.29) is 18.0 Å². The third kappa shape index (κ3) is 6.48. The fourth-order valence-corrected chi connectivity index (χ4v) is 2.51. The van der Waals surface area contributed by atoms with Crippen LogP contribution in [0, 0.1) is 0 Å². The van der Waals surface area contributed by atoms with Gasteiger partial charge in [-0.3, -0.25) is 4.79 Å². The van der Waals surface area contributed by atoms with Crippen molar-refractivity contribution in [2.24, 2.45) is 0 Å². The molecule has 27 heavy (non-hydrogen) atoms. The van der Waals surface area contributed by atoms with E-state index >= 15 is 0 Å². The summed E-state index contributed by atoms with van der Waals surface area (Å²) in [6.45, 7) is 10.4. The molecule has 0 saturated heterocycles. The molecule has 0 atom stereocenters. The maximum Gasteiger partial charge on any atom is 0.185 e. The van der Waals surface area contributed by atoms with Crippen molar-refractivity contribution in [3.05, 3.63) is 59.7 Å². The first kappa shape index (κ1) is 20.6. The summed E-state index contributed by atoms with van der Waals surface area (Å²) < 4.78 is 17.0. The topological polar surface area (TPSA) is 44.8 Å². The lowest BCUT2D eigenvalue weighted by molar-refractivity contribution is 0.104. The summed E-state index contributed by atoms with van der Waals surface area (Å²) in [5, 5.41) is 0.